The van der Waals surface area contributed by atoms with Crippen LogP contribution in [0, 0.1) is 5.92 Å². The van der Waals surface area contributed by atoms with Crippen molar-refractivity contribution < 1.29 is 4.79 Å². The molecule has 1 aliphatic heterocycles. The van der Waals surface area contributed by atoms with Crippen LogP contribution in [0.4, 0.5) is 5.69 Å². The molecule has 1 fully saturated rings. The van der Waals surface area contributed by atoms with Crippen molar-refractivity contribution in [1.29, 1.82) is 0 Å². The lowest BCUT2D eigenvalue weighted by Crippen LogP contribution is -2.35. The van der Waals surface area contributed by atoms with Crippen LogP contribution in [-0.2, 0) is 0 Å². The lowest BCUT2D eigenvalue weighted by atomic mass is 10.0. The van der Waals surface area contributed by atoms with E-state index in [0.29, 0.717) is 11.3 Å². The maximum Gasteiger partial charge on any atom is 0.253 e. The molecule has 0 saturated carbocycles. The van der Waals surface area contributed by atoms with E-state index in [9.17, 15) is 4.79 Å². The van der Waals surface area contributed by atoms with Crippen molar-refractivity contribution in [1.82, 2.24) is 10.2 Å². The van der Waals surface area contributed by atoms with Crippen LogP contribution in [0.5, 0.6) is 0 Å². The minimum Gasteiger partial charge on any atom is -0.398 e. The Morgan fingerprint density at radius 1 is 1.38 bits per heavy atom. The zero-order chi connectivity index (χ0) is 15.1. The van der Waals surface area contributed by atoms with Crippen molar-refractivity contribution in [3.63, 3.8) is 0 Å². The lowest BCUT2D eigenvalue weighted by Gasteiger charge is -2.30. The average Bonchev–Trinajstić information content (AvgIpc) is 2.47. The van der Waals surface area contributed by atoms with Gasteiger partial charge in [-0.3, -0.25) is 4.79 Å². The Morgan fingerprint density at radius 3 is 2.95 bits per heavy atom. The number of nitrogens with two attached hydrogens (primary N) is 1. The summed E-state index contributed by atoms with van der Waals surface area (Å²) in [6.45, 7) is 6.66. The fourth-order valence-corrected chi connectivity index (χ4v) is 2.95. The van der Waals surface area contributed by atoms with E-state index < -0.39 is 0 Å². The summed E-state index contributed by atoms with van der Waals surface area (Å²) in [7, 11) is 0. The number of carbonyl (C=O) groups is 1. The second-order valence-electron chi connectivity index (χ2n) is 6.10. The number of nitrogen functional groups attached to an aromatic ring is 1. The molecule has 4 heteroatoms. The normalized spacial score (nSPS) is 19.4. The van der Waals surface area contributed by atoms with Gasteiger partial charge in [-0.15, -0.1) is 0 Å². The highest BCUT2D eigenvalue weighted by Gasteiger charge is 2.15. The molecule has 21 heavy (non-hydrogen) atoms. The van der Waals surface area contributed by atoms with Crippen LogP contribution < -0.4 is 11.1 Å². The zero-order valence-electron chi connectivity index (χ0n) is 13.0. The van der Waals surface area contributed by atoms with Crippen molar-refractivity contribution in [3.8, 4) is 0 Å². The molecule has 0 aromatic heterocycles. The zero-order valence-corrected chi connectivity index (χ0v) is 13.0. The number of piperidine rings is 1. The summed E-state index contributed by atoms with van der Waals surface area (Å²) < 4.78 is 0. The van der Waals surface area contributed by atoms with Gasteiger partial charge in [0, 0.05) is 18.8 Å². The second-order valence-corrected chi connectivity index (χ2v) is 6.10. The summed E-state index contributed by atoms with van der Waals surface area (Å²) in [4.78, 5) is 14.5. The molecule has 0 spiro atoms. The number of nitrogens with zero attached hydrogens (tertiary/aromatic N) is 1. The van der Waals surface area contributed by atoms with E-state index in [2.05, 4.69) is 17.1 Å². The quantitative estimate of drug-likeness (QED) is 0.625. The monoisotopic (exact) mass is 289 g/mol. The molecular weight excluding hydrogens is 262 g/mol. The number of rotatable bonds is 6. The van der Waals surface area contributed by atoms with Gasteiger partial charge in [0.25, 0.3) is 5.91 Å². The molecule has 2 rings (SSSR count). The number of amides is 1. The lowest BCUT2D eigenvalue weighted by molar-refractivity contribution is 0.0953. The van der Waals surface area contributed by atoms with Gasteiger partial charge in [-0.05, 0) is 56.8 Å². The van der Waals surface area contributed by atoms with Gasteiger partial charge in [0.15, 0.2) is 0 Å². The molecule has 1 heterocycles. The predicted octanol–water partition coefficient (Wildman–Crippen LogP) is 2.51. The van der Waals surface area contributed by atoms with E-state index in [-0.39, 0.29) is 5.91 Å². The number of carbonyl (C=O) groups excluding carboxylic acids is 1. The highest BCUT2D eigenvalue weighted by Crippen LogP contribution is 2.15. The van der Waals surface area contributed by atoms with Crippen LogP contribution in [0.1, 0.15) is 43.0 Å². The Hall–Kier alpha value is -1.55. The van der Waals surface area contributed by atoms with Crippen LogP contribution >= 0.6 is 0 Å². The molecule has 3 N–H and O–H groups in total. The van der Waals surface area contributed by atoms with E-state index in [1.807, 2.05) is 12.1 Å². The molecule has 1 aromatic carbocycles. The van der Waals surface area contributed by atoms with Gasteiger partial charge in [0.05, 0.1) is 5.56 Å². The second kappa shape index (κ2) is 8.03. The molecule has 1 atom stereocenters. The first-order chi connectivity index (χ1) is 10.2. The smallest absolute Gasteiger partial charge is 0.253 e. The van der Waals surface area contributed by atoms with Crippen LogP contribution in [0.3, 0.4) is 0 Å². The van der Waals surface area contributed by atoms with E-state index >= 15 is 0 Å². The van der Waals surface area contributed by atoms with Crippen LogP contribution in [0.2, 0.25) is 0 Å². The first-order valence-corrected chi connectivity index (χ1v) is 8.02. The summed E-state index contributed by atoms with van der Waals surface area (Å²) >= 11 is 0. The maximum absolute atomic E-state index is 12.0. The number of hydrogen-bond acceptors (Lipinski definition) is 3. The predicted molar refractivity (Wildman–Crippen MR) is 87.3 cm³/mol. The summed E-state index contributed by atoms with van der Waals surface area (Å²) in [6.07, 6.45) is 4.84. The Morgan fingerprint density at radius 2 is 2.19 bits per heavy atom. The molecule has 116 valence electrons. The third-order valence-electron chi connectivity index (χ3n) is 4.13. The van der Waals surface area contributed by atoms with E-state index in [4.69, 9.17) is 5.73 Å². The fraction of sp³-hybridized carbons (Fsp3) is 0.588. The standard InChI is InChI=1S/C17H27N3O/c1-14-7-6-12-20(13-14)11-5-4-10-19-17(21)15-8-2-3-9-16(15)18/h2-3,8-9,14H,4-7,10-13,18H2,1H3,(H,19,21). The number of benzene rings is 1. The van der Waals surface area contributed by atoms with Gasteiger partial charge in [-0.25, -0.2) is 0 Å². The highest BCUT2D eigenvalue weighted by molar-refractivity contribution is 5.98. The maximum atomic E-state index is 12.0. The van der Waals surface area contributed by atoms with Gasteiger partial charge >= 0.3 is 0 Å². The summed E-state index contributed by atoms with van der Waals surface area (Å²) in [5.41, 5.74) is 6.91. The van der Waals surface area contributed by atoms with Crippen molar-refractivity contribution >= 4 is 11.6 Å². The van der Waals surface area contributed by atoms with Gasteiger partial charge < -0.3 is 16.0 Å². The van der Waals surface area contributed by atoms with E-state index in [1.165, 1.54) is 25.9 Å². The van der Waals surface area contributed by atoms with Gasteiger partial charge in [-0.2, -0.15) is 0 Å². The molecular formula is C17H27N3O. The number of unbranched alkanes of at least 4 members (excludes halogenated alkanes) is 1. The molecule has 1 aromatic rings. The number of likely N-dealkylation sites (tertiary alicyclic amines) is 1. The first-order valence-electron chi connectivity index (χ1n) is 8.02. The minimum absolute atomic E-state index is 0.0697. The van der Waals surface area contributed by atoms with Crippen molar-refractivity contribution in [3.05, 3.63) is 29.8 Å². The van der Waals surface area contributed by atoms with Crippen LogP contribution in [0.15, 0.2) is 24.3 Å². The fourth-order valence-electron chi connectivity index (χ4n) is 2.95. The summed E-state index contributed by atoms with van der Waals surface area (Å²) in [5, 5.41) is 2.95. The third kappa shape index (κ3) is 5.05. The Kier molecular flexibility index (Phi) is 6.05. The van der Waals surface area contributed by atoms with E-state index in [1.54, 1.807) is 12.1 Å². The molecule has 0 radical (unpaired) electrons. The molecule has 0 aliphatic carbocycles. The summed E-state index contributed by atoms with van der Waals surface area (Å²) in [6, 6.07) is 7.20. The number of hydrogen-bond donors (Lipinski definition) is 2. The molecule has 0 bridgehead atoms. The Labute approximate surface area is 127 Å². The number of nitrogens with one attached hydrogen (secondary N) is 1. The molecule has 1 saturated heterocycles. The SMILES string of the molecule is CC1CCCN(CCCCNC(=O)c2ccccc2N)C1. The van der Waals surface area contributed by atoms with Gasteiger partial charge in [0.1, 0.15) is 0 Å². The highest BCUT2D eigenvalue weighted by atomic mass is 16.1. The van der Waals surface area contributed by atoms with Gasteiger partial charge in [-0.1, -0.05) is 19.1 Å². The average molecular weight is 289 g/mol. The molecule has 4 nitrogen and oxygen atoms in total. The Balaban J connectivity index is 1.61. The van der Waals surface area contributed by atoms with Crippen molar-refractivity contribution in [2.45, 2.75) is 32.6 Å². The number of para-hydroxylation sites is 1. The topological polar surface area (TPSA) is 58.4 Å². The van der Waals surface area contributed by atoms with Crippen LogP contribution in [0.25, 0.3) is 0 Å². The van der Waals surface area contributed by atoms with Crippen molar-refractivity contribution in [2.24, 2.45) is 5.92 Å². The molecule has 1 amide bonds. The minimum atomic E-state index is -0.0697. The summed E-state index contributed by atoms with van der Waals surface area (Å²) in [5.74, 6) is 0.763. The molecule has 1 aliphatic rings. The number of anilines is 1. The Bertz CT molecular complexity index is 461. The first kappa shape index (κ1) is 15.8. The molecule has 1 unspecified atom stereocenters. The third-order valence-corrected chi connectivity index (χ3v) is 4.13. The van der Waals surface area contributed by atoms with Gasteiger partial charge in [0.2, 0.25) is 0 Å². The van der Waals surface area contributed by atoms with E-state index in [0.717, 1.165) is 31.8 Å². The van der Waals surface area contributed by atoms with Crippen molar-refractivity contribution in [2.75, 3.05) is 31.9 Å². The largest absolute Gasteiger partial charge is 0.398 e. The van der Waals surface area contributed by atoms with Crippen LogP contribution in [-0.4, -0.2) is 37.0 Å².